The molecule has 0 spiro atoms. The lowest BCUT2D eigenvalue weighted by molar-refractivity contribution is 0.204. The van der Waals surface area contributed by atoms with Crippen molar-refractivity contribution in [2.45, 2.75) is 46.7 Å². The van der Waals surface area contributed by atoms with E-state index in [2.05, 4.69) is 23.9 Å². The van der Waals surface area contributed by atoms with Crippen molar-refractivity contribution in [1.82, 2.24) is 18.7 Å². The van der Waals surface area contributed by atoms with Gasteiger partial charge in [-0.1, -0.05) is 13.8 Å². The fourth-order valence-corrected chi connectivity index (χ4v) is 3.29. The first-order valence-electron chi connectivity index (χ1n) is 9.31. The van der Waals surface area contributed by atoms with Crippen LogP contribution in [0.3, 0.4) is 0 Å². The molecule has 3 rings (SSSR count). The molecule has 0 fully saturated rings. The number of aryl methyl sites for hydroxylation is 1. The molecule has 0 unspecified atom stereocenters. The Kier molecular flexibility index (Phi) is 5.23. The van der Waals surface area contributed by atoms with E-state index >= 15 is 0 Å². The maximum atomic E-state index is 13.2. The topological polar surface area (TPSA) is 86.7 Å². The van der Waals surface area contributed by atoms with Gasteiger partial charge in [-0.25, -0.2) is 9.80 Å². The Balaban J connectivity index is 2.26. The van der Waals surface area contributed by atoms with Crippen LogP contribution in [0, 0.1) is 5.92 Å². The van der Waals surface area contributed by atoms with Crippen LogP contribution < -0.4 is 16.3 Å². The summed E-state index contributed by atoms with van der Waals surface area (Å²) in [6.45, 7) is 9.45. The van der Waals surface area contributed by atoms with E-state index in [1.54, 1.807) is 19.2 Å². The molecule has 0 aromatic carbocycles. The van der Waals surface area contributed by atoms with Crippen LogP contribution in [-0.2, 0) is 18.3 Å². The van der Waals surface area contributed by atoms with E-state index in [-0.39, 0.29) is 17.3 Å². The number of anilines is 1. The summed E-state index contributed by atoms with van der Waals surface area (Å²) >= 11 is 0. The van der Waals surface area contributed by atoms with Crippen LogP contribution in [0.5, 0.6) is 0 Å². The molecule has 0 aliphatic carbocycles. The minimum Gasteiger partial charge on any atom is -0.383 e. The molecule has 0 bridgehead atoms. The molecule has 1 atom stereocenters. The number of imidazole rings is 1. The van der Waals surface area contributed by atoms with E-state index < -0.39 is 0 Å². The highest BCUT2D eigenvalue weighted by molar-refractivity contribution is 5.91. The van der Waals surface area contributed by atoms with Crippen LogP contribution in [0.25, 0.3) is 11.2 Å². The number of methoxy groups -OCH3 is 1. The lowest BCUT2D eigenvalue weighted by Crippen LogP contribution is -2.40. The average molecular weight is 376 g/mol. The lowest BCUT2D eigenvalue weighted by Gasteiger charge is -2.29. The number of fused-ring (bicyclic) bond motifs is 3. The van der Waals surface area contributed by atoms with Crippen molar-refractivity contribution in [3.05, 3.63) is 20.8 Å². The number of rotatable bonds is 6. The van der Waals surface area contributed by atoms with E-state index in [9.17, 15) is 9.59 Å². The summed E-state index contributed by atoms with van der Waals surface area (Å²) in [5, 5.41) is 6.33. The van der Waals surface area contributed by atoms with Crippen LogP contribution in [0.1, 0.15) is 40.2 Å². The van der Waals surface area contributed by atoms with Crippen molar-refractivity contribution >= 4 is 22.8 Å². The summed E-state index contributed by atoms with van der Waals surface area (Å²) in [6, 6.07) is -0.118. The molecule has 0 N–H and O–H groups in total. The van der Waals surface area contributed by atoms with Crippen LogP contribution >= 0.6 is 0 Å². The van der Waals surface area contributed by atoms with Gasteiger partial charge >= 0.3 is 5.69 Å². The number of hydrazone groups is 1. The summed E-state index contributed by atoms with van der Waals surface area (Å²) in [5.41, 5.74) is 1.08. The summed E-state index contributed by atoms with van der Waals surface area (Å²) in [4.78, 5) is 30.6. The highest BCUT2D eigenvalue weighted by Crippen LogP contribution is 2.29. The maximum absolute atomic E-state index is 13.2. The number of hydrogen-bond acceptors (Lipinski definition) is 6. The second kappa shape index (κ2) is 7.30. The molecule has 0 saturated heterocycles. The molecule has 2 aromatic rings. The van der Waals surface area contributed by atoms with E-state index in [1.807, 2.05) is 18.4 Å². The van der Waals surface area contributed by atoms with Crippen LogP contribution in [0.15, 0.2) is 14.7 Å². The van der Waals surface area contributed by atoms with Crippen LogP contribution in [0.4, 0.5) is 5.95 Å². The van der Waals surface area contributed by atoms with Gasteiger partial charge in [0.15, 0.2) is 11.2 Å². The van der Waals surface area contributed by atoms with Gasteiger partial charge in [-0.05, 0) is 26.2 Å². The van der Waals surface area contributed by atoms with Crippen molar-refractivity contribution in [2.75, 3.05) is 25.3 Å². The van der Waals surface area contributed by atoms with Crippen LogP contribution in [-0.4, -0.2) is 44.7 Å². The normalized spacial score (nSPS) is 16.9. The van der Waals surface area contributed by atoms with Crippen molar-refractivity contribution in [2.24, 2.45) is 18.1 Å². The quantitative estimate of drug-likeness (QED) is 0.759. The molecule has 9 heteroatoms. The van der Waals surface area contributed by atoms with Gasteiger partial charge in [0.25, 0.3) is 5.56 Å². The molecular formula is C18H28N6O3. The van der Waals surface area contributed by atoms with Crippen molar-refractivity contribution in [3.63, 3.8) is 0 Å². The molecule has 0 amide bonds. The molecule has 148 valence electrons. The second-order valence-electron chi connectivity index (χ2n) is 7.47. The lowest BCUT2D eigenvalue weighted by atomic mass is 10.1. The molecular weight excluding hydrogens is 348 g/mol. The predicted octanol–water partition coefficient (Wildman–Crippen LogP) is 1.35. The zero-order valence-electron chi connectivity index (χ0n) is 16.9. The first-order chi connectivity index (χ1) is 12.8. The Morgan fingerprint density at radius 1 is 1.22 bits per heavy atom. The highest BCUT2D eigenvalue weighted by atomic mass is 16.5. The van der Waals surface area contributed by atoms with Crippen molar-refractivity contribution in [3.8, 4) is 0 Å². The summed E-state index contributed by atoms with van der Waals surface area (Å²) in [5.74, 6) is 0.961. The standard InChI is InChI=1S/C18H28N6O3/c1-11(2)7-8-22-16(25)14-15(21(5)18(22)26)19-17-23(9-10-27-6)20-12(3)13(4)24(14)17/h11,13H,7-10H2,1-6H3/t13-/m1/s1. The molecule has 0 radical (unpaired) electrons. The zero-order valence-corrected chi connectivity index (χ0v) is 16.9. The first-order valence-corrected chi connectivity index (χ1v) is 9.31. The number of ether oxygens (including phenoxy) is 1. The Labute approximate surface area is 157 Å². The number of hydrogen-bond donors (Lipinski definition) is 0. The van der Waals surface area contributed by atoms with E-state index in [4.69, 9.17) is 4.74 Å². The smallest absolute Gasteiger partial charge is 0.332 e. The molecule has 2 aromatic heterocycles. The Hall–Kier alpha value is -2.42. The van der Waals surface area contributed by atoms with E-state index in [0.717, 1.165) is 12.1 Å². The number of nitrogens with zero attached hydrogens (tertiary/aromatic N) is 6. The monoisotopic (exact) mass is 376 g/mol. The minimum atomic E-state index is -0.336. The first kappa shape index (κ1) is 19.3. The Bertz CT molecular complexity index is 997. The van der Waals surface area contributed by atoms with Crippen molar-refractivity contribution in [1.29, 1.82) is 0 Å². The van der Waals surface area contributed by atoms with Gasteiger partial charge < -0.3 is 4.74 Å². The third-order valence-electron chi connectivity index (χ3n) is 5.10. The predicted molar refractivity (Wildman–Crippen MR) is 106 cm³/mol. The summed E-state index contributed by atoms with van der Waals surface area (Å²) < 4.78 is 9.84. The number of aromatic nitrogens is 4. The molecule has 1 aliphatic rings. The third kappa shape index (κ3) is 3.20. The summed E-state index contributed by atoms with van der Waals surface area (Å²) in [7, 11) is 3.29. The van der Waals surface area contributed by atoms with Crippen molar-refractivity contribution < 1.29 is 4.74 Å². The van der Waals surface area contributed by atoms with Gasteiger partial charge in [-0.3, -0.25) is 18.5 Å². The van der Waals surface area contributed by atoms with Gasteiger partial charge in [0.1, 0.15) is 0 Å². The van der Waals surface area contributed by atoms with Gasteiger partial charge in [-0.15, -0.1) is 0 Å². The Morgan fingerprint density at radius 3 is 2.56 bits per heavy atom. The molecule has 0 saturated carbocycles. The average Bonchev–Trinajstić information content (AvgIpc) is 3.02. The molecule has 1 aliphatic heterocycles. The molecule has 9 nitrogen and oxygen atoms in total. The van der Waals surface area contributed by atoms with E-state index in [1.165, 1.54) is 9.13 Å². The second-order valence-corrected chi connectivity index (χ2v) is 7.47. The molecule has 3 heterocycles. The van der Waals surface area contributed by atoms with Gasteiger partial charge in [0.05, 0.1) is 24.9 Å². The fourth-order valence-electron chi connectivity index (χ4n) is 3.29. The van der Waals surface area contributed by atoms with Gasteiger partial charge in [-0.2, -0.15) is 10.1 Å². The highest BCUT2D eigenvalue weighted by Gasteiger charge is 2.30. The van der Waals surface area contributed by atoms with Gasteiger partial charge in [0.2, 0.25) is 5.95 Å². The largest absolute Gasteiger partial charge is 0.383 e. The molecule has 27 heavy (non-hydrogen) atoms. The maximum Gasteiger partial charge on any atom is 0.332 e. The fraction of sp³-hybridized carbons (Fsp3) is 0.667. The zero-order chi connectivity index (χ0) is 19.9. The SMILES string of the molecule is COCCN1N=C(C)[C@@H](C)n2c1nc1c2c(=O)n(CCC(C)C)c(=O)n1C. The van der Waals surface area contributed by atoms with Crippen LogP contribution in [0.2, 0.25) is 0 Å². The van der Waals surface area contributed by atoms with E-state index in [0.29, 0.717) is 42.7 Å². The minimum absolute atomic E-state index is 0.118. The van der Waals surface area contributed by atoms with Gasteiger partial charge in [0, 0.05) is 20.7 Å². The Morgan fingerprint density at radius 2 is 1.93 bits per heavy atom. The third-order valence-corrected chi connectivity index (χ3v) is 5.10. The summed E-state index contributed by atoms with van der Waals surface area (Å²) in [6.07, 6.45) is 0.762.